The number of anilines is 1. The first-order chi connectivity index (χ1) is 9.76. The third-order valence-electron chi connectivity index (χ3n) is 4.44. The molecule has 0 spiro atoms. The van der Waals surface area contributed by atoms with Gasteiger partial charge in [0.25, 0.3) is 5.91 Å². The first-order valence-electron chi connectivity index (χ1n) is 7.45. The number of nitrogens with one attached hydrogen (secondary N) is 2. The zero-order chi connectivity index (χ0) is 13.9. The van der Waals surface area contributed by atoms with Crippen LogP contribution >= 0.6 is 0 Å². The van der Waals surface area contributed by atoms with Crippen molar-refractivity contribution in [2.45, 2.75) is 37.8 Å². The Balaban J connectivity index is 1.58. The van der Waals surface area contributed by atoms with E-state index in [1.54, 1.807) is 12.3 Å². The summed E-state index contributed by atoms with van der Waals surface area (Å²) in [4.78, 5) is 19.0. The maximum atomic E-state index is 12.2. The number of nitrogens with zero attached hydrogens (tertiary/aromatic N) is 2. The quantitative estimate of drug-likeness (QED) is 0.876. The maximum Gasteiger partial charge on any atom is 0.270 e. The minimum Gasteiger partial charge on any atom is -0.387 e. The van der Waals surface area contributed by atoms with Crippen molar-refractivity contribution < 1.29 is 4.79 Å². The number of carbonyl (C=O) groups excluding carboxylic acids is 1. The third kappa shape index (κ3) is 2.77. The van der Waals surface area contributed by atoms with Gasteiger partial charge in [-0.3, -0.25) is 4.79 Å². The van der Waals surface area contributed by atoms with Gasteiger partial charge in [-0.15, -0.1) is 0 Å². The molecule has 5 nitrogen and oxygen atoms in total. The molecule has 0 saturated carbocycles. The Kier molecular flexibility index (Phi) is 3.87. The average Bonchev–Trinajstić information content (AvgIpc) is 2.95. The molecule has 5 heteroatoms. The molecule has 108 valence electrons. The van der Waals surface area contributed by atoms with E-state index in [1.807, 2.05) is 13.1 Å². The molecule has 0 radical (unpaired) electrons. The van der Waals surface area contributed by atoms with Crippen molar-refractivity contribution in [1.82, 2.24) is 15.2 Å². The largest absolute Gasteiger partial charge is 0.387 e. The van der Waals surface area contributed by atoms with Crippen LogP contribution in [-0.4, -0.2) is 48.0 Å². The minimum atomic E-state index is -0.0518. The highest BCUT2D eigenvalue weighted by Crippen LogP contribution is 2.26. The average molecular weight is 274 g/mol. The predicted octanol–water partition coefficient (Wildman–Crippen LogP) is 1.48. The second-order valence-electron chi connectivity index (χ2n) is 5.71. The van der Waals surface area contributed by atoms with E-state index in [-0.39, 0.29) is 5.91 Å². The molecule has 1 aromatic rings. The van der Waals surface area contributed by atoms with Gasteiger partial charge in [-0.1, -0.05) is 0 Å². The lowest BCUT2D eigenvalue weighted by atomic mass is 9.97. The van der Waals surface area contributed by atoms with Gasteiger partial charge < -0.3 is 15.5 Å². The molecule has 2 aliphatic rings. The van der Waals surface area contributed by atoms with Crippen LogP contribution in [0.2, 0.25) is 0 Å². The predicted molar refractivity (Wildman–Crippen MR) is 78.9 cm³/mol. The number of aromatic nitrogens is 1. The summed E-state index contributed by atoms with van der Waals surface area (Å²) < 4.78 is 0. The fourth-order valence-corrected chi connectivity index (χ4v) is 3.29. The lowest BCUT2D eigenvalue weighted by Gasteiger charge is -2.35. The summed E-state index contributed by atoms with van der Waals surface area (Å²) in [5.41, 5.74) is 1.42. The highest BCUT2D eigenvalue weighted by Gasteiger charge is 2.32. The minimum absolute atomic E-state index is 0.0518. The third-order valence-corrected chi connectivity index (χ3v) is 4.44. The number of carbonyl (C=O) groups is 1. The van der Waals surface area contributed by atoms with Gasteiger partial charge in [0.1, 0.15) is 5.69 Å². The maximum absolute atomic E-state index is 12.2. The molecule has 1 aromatic heterocycles. The fraction of sp³-hybridized carbons (Fsp3) is 0.600. The fourth-order valence-electron chi connectivity index (χ4n) is 3.29. The van der Waals surface area contributed by atoms with Gasteiger partial charge in [-0.2, -0.15) is 0 Å². The van der Waals surface area contributed by atoms with E-state index in [2.05, 4.69) is 20.5 Å². The summed E-state index contributed by atoms with van der Waals surface area (Å²) in [7, 11) is 1.84. The Hall–Kier alpha value is -1.62. The van der Waals surface area contributed by atoms with Crippen molar-refractivity contribution >= 4 is 11.6 Å². The first-order valence-corrected chi connectivity index (χ1v) is 7.45. The molecule has 3 heterocycles. The number of piperidine rings is 1. The molecule has 2 unspecified atom stereocenters. The number of rotatable bonds is 3. The van der Waals surface area contributed by atoms with E-state index in [9.17, 15) is 4.79 Å². The molecule has 2 aliphatic heterocycles. The van der Waals surface area contributed by atoms with E-state index in [1.165, 1.54) is 19.4 Å². The number of hydrogen-bond donors (Lipinski definition) is 2. The number of hydrogen-bond acceptors (Lipinski definition) is 4. The highest BCUT2D eigenvalue weighted by atomic mass is 16.1. The monoisotopic (exact) mass is 274 g/mol. The van der Waals surface area contributed by atoms with Crippen LogP contribution in [0.25, 0.3) is 0 Å². The number of amides is 1. The van der Waals surface area contributed by atoms with Gasteiger partial charge in [-0.05, 0) is 44.4 Å². The number of fused-ring (bicyclic) bond motifs is 1. The molecule has 0 aromatic carbocycles. The van der Waals surface area contributed by atoms with Crippen LogP contribution < -0.4 is 10.6 Å². The molecule has 3 rings (SSSR count). The molecule has 2 saturated heterocycles. The second-order valence-corrected chi connectivity index (χ2v) is 5.71. The molecule has 0 aliphatic carbocycles. The van der Waals surface area contributed by atoms with E-state index >= 15 is 0 Å². The zero-order valence-corrected chi connectivity index (χ0v) is 11.9. The zero-order valence-electron chi connectivity index (χ0n) is 11.9. The standard InChI is InChI=1S/C15H22N4O/c1-16-12-4-5-14(17-10-12)15(20)18-11-6-8-19-7-2-3-13(19)9-11/h4-5,10-11,13,16H,2-3,6-9H2,1H3,(H,18,20). The topological polar surface area (TPSA) is 57.3 Å². The van der Waals surface area contributed by atoms with E-state index in [4.69, 9.17) is 0 Å². The van der Waals surface area contributed by atoms with Crippen LogP contribution in [0.4, 0.5) is 5.69 Å². The smallest absolute Gasteiger partial charge is 0.270 e. The Morgan fingerprint density at radius 3 is 3.00 bits per heavy atom. The van der Waals surface area contributed by atoms with E-state index < -0.39 is 0 Å². The Morgan fingerprint density at radius 2 is 2.25 bits per heavy atom. The summed E-state index contributed by atoms with van der Waals surface area (Å²) in [6, 6.07) is 4.62. The molecule has 2 atom stereocenters. The molecule has 20 heavy (non-hydrogen) atoms. The van der Waals surface area contributed by atoms with Crippen LogP contribution in [0.15, 0.2) is 18.3 Å². The Bertz CT molecular complexity index is 473. The summed E-state index contributed by atoms with van der Waals surface area (Å²) in [6.45, 7) is 2.35. The van der Waals surface area contributed by atoms with E-state index in [0.29, 0.717) is 17.8 Å². The molecule has 2 fully saturated rings. The Morgan fingerprint density at radius 1 is 1.35 bits per heavy atom. The molecular weight excluding hydrogens is 252 g/mol. The van der Waals surface area contributed by atoms with E-state index in [0.717, 1.165) is 25.1 Å². The first kappa shape index (κ1) is 13.4. The summed E-state index contributed by atoms with van der Waals surface area (Å²) >= 11 is 0. The van der Waals surface area contributed by atoms with Crippen LogP contribution in [-0.2, 0) is 0 Å². The van der Waals surface area contributed by atoms with Gasteiger partial charge in [0.2, 0.25) is 0 Å². The van der Waals surface area contributed by atoms with Crippen LogP contribution in [0.5, 0.6) is 0 Å². The molecule has 1 amide bonds. The van der Waals surface area contributed by atoms with Crippen molar-refractivity contribution in [3.8, 4) is 0 Å². The SMILES string of the molecule is CNc1ccc(C(=O)NC2CCN3CCCC3C2)nc1. The van der Waals surface area contributed by atoms with Crippen molar-refractivity contribution in [2.75, 3.05) is 25.5 Å². The van der Waals surface area contributed by atoms with Gasteiger partial charge in [0.15, 0.2) is 0 Å². The van der Waals surface area contributed by atoms with Gasteiger partial charge in [0.05, 0.1) is 11.9 Å². The van der Waals surface area contributed by atoms with Crippen LogP contribution in [0.3, 0.4) is 0 Å². The molecule has 0 bridgehead atoms. The Labute approximate surface area is 119 Å². The second kappa shape index (κ2) is 5.79. The lowest BCUT2D eigenvalue weighted by molar-refractivity contribution is 0.0891. The molecular formula is C15H22N4O. The van der Waals surface area contributed by atoms with Crippen LogP contribution in [0, 0.1) is 0 Å². The van der Waals surface area contributed by atoms with Crippen molar-refractivity contribution in [1.29, 1.82) is 0 Å². The lowest BCUT2D eigenvalue weighted by Crippen LogP contribution is -2.47. The highest BCUT2D eigenvalue weighted by molar-refractivity contribution is 5.92. The number of pyridine rings is 1. The summed E-state index contributed by atoms with van der Waals surface area (Å²) in [5.74, 6) is -0.0518. The van der Waals surface area contributed by atoms with Crippen LogP contribution in [0.1, 0.15) is 36.2 Å². The summed E-state index contributed by atoms with van der Waals surface area (Å²) in [5, 5.41) is 6.14. The van der Waals surface area contributed by atoms with Crippen molar-refractivity contribution in [2.24, 2.45) is 0 Å². The van der Waals surface area contributed by atoms with Gasteiger partial charge in [-0.25, -0.2) is 4.98 Å². The normalized spacial score (nSPS) is 26.1. The van der Waals surface area contributed by atoms with Crippen molar-refractivity contribution in [3.05, 3.63) is 24.0 Å². The van der Waals surface area contributed by atoms with Gasteiger partial charge in [0, 0.05) is 25.7 Å². The van der Waals surface area contributed by atoms with Gasteiger partial charge >= 0.3 is 0 Å². The molecule has 2 N–H and O–H groups in total. The summed E-state index contributed by atoms with van der Waals surface area (Å²) in [6.07, 6.45) is 6.41. The van der Waals surface area contributed by atoms with Crippen molar-refractivity contribution in [3.63, 3.8) is 0 Å².